The van der Waals surface area contributed by atoms with Crippen molar-refractivity contribution in [2.75, 3.05) is 18.0 Å². The average Bonchev–Trinajstić information content (AvgIpc) is 2.93. The Hall–Kier alpha value is -2.13. The first-order valence-electron chi connectivity index (χ1n) is 10.6. The summed E-state index contributed by atoms with van der Waals surface area (Å²) < 4.78 is 26.3. The molecular formula is C21H26Cl2FN5O3. The summed E-state index contributed by atoms with van der Waals surface area (Å²) in [5.74, 6) is -0.215. The number of nitrogens with zero attached hydrogens (tertiary/aromatic N) is 5. The molecule has 2 aromatic rings. The van der Waals surface area contributed by atoms with Crippen molar-refractivity contribution < 1.29 is 18.7 Å². The van der Waals surface area contributed by atoms with Gasteiger partial charge in [-0.1, -0.05) is 11.6 Å². The van der Waals surface area contributed by atoms with Gasteiger partial charge in [-0.05, 0) is 59.1 Å². The van der Waals surface area contributed by atoms with E-state index in [1.807, 2.05) is 44.4 Å². The second kappa shape index (κ2) is 8.33. The van der Waals surface area contributed by atoms with Gasteiger partial charge in [-0.25, -0.2) is 14.2 Å². The van der Waals surface area contributed by atoms with Crippen molar-refractivity contribution in [2.24, 2.45) is 0 Å². The summed E-state index contributed by atoms with van der Waals surface area (Å²) in [6, 6.07) is -0.126. The van der Waals surface area contributed by atoms with E-state index < -0.39 is 11.4 Å². The van der Waals surface area contributed by atoms with Crippen molar-refractivity contribution in [1.82, 2.24) is 19.9 Å². The van der Waals surface area contributed by atoms with E-state index in [0.29, 0.717) is 24.3 Å². The van der Waals surface area contributed by atoms with Gasteiger partial charge in [0.25, 0.3) is 0 Å². The zero-order chi connectivity index (χ0) is 23.4. The van der Waals surface area contributed by atoms with Gasteiger partial charge in [0.05, 0.1) is 18.2 Å². The van der Waals surface area contributed by atoms with E-state index in [2.05, 4.69) is 15.0 Å². The monoisotopic (exact) mass is 485 g/mol. The molecule has 0 N–H and O–H groups in total. The normalized spacial score (nSPS) is 20.9. The van der Waals surface area contributed by atoms with E-state index in [0.717, 1.165) is 12.8 Å². The number of aromatic nitrogens is 3. The number of hydrogen-bond donors (Lipinski definition) is 0. The number of amides is 1. The summed E-state index contributed by atoms with van der Waals surface area (Å²) in [7, 11) is 0. The second-order valence-corrected chi connectivity index (χ2v) is 10.1. The Bertz CT molecular complexity index is 1050. The summed E-state index contributed by atoms with van der Waals surface area (Å²) in [6.07, 6.45) is 1.13. The highest BCUT2D eigenvalue weighted by atomic mass is 35.5. The molecule has 32 heavy (non-hydrogen) atoms. The predicted molar refractivity (Wildman–Crippen MR) is 120 cm³/mol. The molecule has 4 heterocycles. The molecule has 2 saturated heterocycles. The van der Waals surface area contributed by atoms with Gasteiger partial charge in [0.1, 0.15) is 22.3 Å². The summed E-state index contributed by atoms with van der Waals surface area (Å²) in [6.45, 7) is 10.2. The van der Waals surface area contributed by atoms with E-state index in [9.17, 15) is 9.18 Å². The number of ether oxygens (including phenoxy) is 2. The largest absolute Gasteiger partial charge is 0.474 e. The van der Waals surface area contributed by atoms with Crippen LogP contribution in [0, 0.1) is 5.82 Å². The third kappa shape index (κ3) is 4.37. The number of anilines is 1. The SMILES string of the molecule is CC(C)Oc1nc(Cl)c(F)c2nc(Cl)nc(N3CC4CCC(C3)N4C(=O)OC(C)(C)C)c12. The standard InChI is InChI=1S/C21H26Cl2FN5O3/c1-10(2)31-18-13-15(14(24)16(22)26-18)25-19(23)27-17(13)28-8-11-6-7-12(9-28)29(11)20(30)32-21(3,4)5/h10-12H,6-9H2,1-5H3. The molecule has 0 spiro atoms. The van der Waals surface area contributed by atoms with Crippen LogP contribution in [0.15, 0.2) is 0 Å². The van der Waals surface area contributed by atoms with Crippen molar-refractivity contribution in [3.63, 3.8) is 0 Å². The van der Waals surface area contributed by atoms with Crippen LogP contribution in [0.25, 0.3) is 10.9 Å². The van der Waals surface area contributed by atoms with Gasteiger partial charge in [0.15, 0.2) is 11.0 Å². The predicted octanol–water partition coefficient (Wildman–Crippen LogP) is 4.85. The van der Waals surface area contributed by atoms with Crippen molar-refractivity contribution in [3.8, 4) is 5.88 Å². The molecule has 8 nitrogen and oxygen atoms in total. The summed E-state index contributed by atoms with van der Waals surface area (Å²) >= 11 is 12.1. The third-order valence-corrected chi connectivity index (χ3v) is 5.82. The van der Waals surface area contributed by atoms with Crippen molar-refractivity contribution in [3.05, 3.63) is 16.3 Å². The third-order valence-electron chi connectivity index (χ3n) is 5.40. The molecule has 0 aromatic carbocycles. The Balaban J connectivity index is 1.74. The van der Waals surface area contributed by atoms with Crippen LogP contribution in [0.4, 0.5) is 15.0 Å². The van der Waals surface area contributed by atoms with Gasteiger partial charge in [0.2, 0.25) is 11.2 Å². The number of fused-ring (bicyclic) bond motifs is 3. The number of hydrogen-bond acceptors (Lipinski definition) is 7. The molecule has 2 unspecified atom stereocenters. The van der Waals surface area contributed by atoms with Crippen LogP contribution in [0.5, 0.6) is 5.88 Å². The Morgan fingerprint density at radius 2 is 1.75 bits per heavy atom. The number of carbonyl (C=O) groups excluding carboxylic acids is 1. The smallest absolute Gasteiger partial charge is 0.410 e. The second-order valence-electron chi connectivity index (χ2n) is 9.41. The van der Waals surface area contributed by atoms with Crippen LogP contribution >= 0.6 is 23.2 Å². The first kappa shape index (κ1) is 23.0. The minimum Gasteiger partial charge on any atom is -0.474 e. The molecule has 0 aliphatic carbocycles. The maximum absolute atomic E-state index is 14.8. The van der Waals surface area contributed by atoms with Crippen LogP contribution in [0.1, 0.15) is 47.5 Å². The van der Waals surface area contributed by atoms with E-state index in [1.54, 1.807) is 0 Å². The molecule has 2 bridgehead atoms. The molecule has 174 valence electrons. The molecule has 0 radical (unpaired) electrons. The molecule has 2 aliphatic rings. The fourth-order valence-electron chi connectivity index (χ4n) is 4.30. The maximum atomic E-state index is 14.8. The maximum Gasteiger partial charge on any atom is 0.410 e. The van der Waals surface area contributed by atoms with Crippen LogP contribution in [0.3, 0.4) is 0 Å². The lowest BCUT2D eigenvalue weighted by Gasteiger charge is -2.42. The fourth-order valence-corrected chi connectivity index (χ4v) is 4.63. The molecule has 4 rings (SSSR count). The Kier molecular flexibility index (Phi) is 6.00. The van der Waals surface area contributed by atoms with Gasteiger partial charge in [-0.15, -0.1) is 0 Å². The number of piperazine rings is 1. The van der Waals surface area contributed by atoms with Crippen molar-refractivity contribution in [2.45, 2.75) is 71.2 Å². The average molecular weight is 486 g/mol. The van der Waals surface area contributed by atoms with Crippen LogP contribution < -0.4 is 9.64 Å². The van der Waals surface area contributed by atoms with Crippen LogP contribution in [-0.4, -0.2) is 62.8 Å². The summed E-state index contributed by atoms with van der Waals surface area (Å²) in [4.78, 5) is 29.1. The number of pyridine rings is 1. The fraction of sp³-hybridized carbons (Fsp3) is 0.619. The zero-order valence-corrected chi connectivity index (χ0v) is 20.2. The van der Waals surface area contributed by atoms with Gasteiger partial charge >= 0.3 is 6.09 Å². The first-order chi connectivity index (χ1) is 14.9. The molecular weight excluding hydrogens is 460 g/mol. The topological polar surface area (TPSA) is 80.7 Å². The van der Waals surface area contributed by atoms with Gasteiger partial charge in [-0.2, -0.15) is 9.97 Å². The van der Waals surface area contributed by atoms with E-state index in [4.69, 9.17) is 32.7 Å². The number of carbonyl (C=O) groups is 1. The highest BCUT2D eigenvalue weighted by molar-refractivity contribution is 6.31. The Morgan fingerprint density at radius 3 is 2.31 bits per heavy atom. The van der Waals surface area contributed by atoms with E-state index in [1.165, 1.54) is 0 Å². The lowest BCUT2D eigenvalue weighted by molar-refractivity contribution is 0.0123. The Labute approximate surface area is 196 Å². The van der Waals surface area contributed by atoms with Gasteiger partial charge < -0.3 is 14.4 Å². The van der Waals surface area contributed by atoms with Gasteiger partial charge in [-0.3, -0.25) is 4.90 Å². The molecule has 2 fully saturated rings. The number of rotatable bonds is 3. The summed E-state index contributed by atoms with van der Waals surface area (Å²) in [5, 5.41) is -0.134. The molecule has 0 saturated carbocycles. The highest BCUT2D eigenvalue weighted by Crippen LogP contribution is 2.40. The minimum atomic E-state index is -0.779. The Morgan fingerprint density at radius 1 is 1.12 bits per heavy atom. The van der Waals surface area contributed by atoms with Crippen LogP contribution in [0.2, 0.25) is 10.4 Å². The molecule has 2 aliphatic heterocycles. The number of halogens is 3. The minimum absolute atomic E-state index is 0.0439. The van der Waals surface area contributed by atoms with Crippen molar-refractivity contribution >= 4 is 46.0 Å². The quantitative estimate of drug-likeness (QED) is 0.454. The highest BCUT2D eigenvalue weighted by Gasteiger charge is 2.45. The molecule has 2 atom stereocenters. The van der Waals surface area contributed by atoms with E-state index in [-0.39, 0.29) is 46.1 Å². The van der Waals surface area contributed by atoms with E-state index >= 15 is 0 Å². The summed E-state index contributed by atoms with van der Waals surface area (Å²) in [5.41, 5.74) is -0.618. The van der Waals surface area contributed by atoms with Crippen molar-refractivity contribution in [1.29, 1.82) is 0 Å². The first-order valence-corrected chi connectivity index (χ1v) is 11.4. The molecule has 11 heteroatoms. The lowest BCUT2D eigenvalue weighted by atomic mass is 10.1. The van der Waals surface area contributed by atoms with Gasteiger partial charge in [0, 0.05) is 13.1 Å². The molecule has 1 amide bonds. The molecule has 2 aromatic heterocycles. The lowest BCUT2D eigenvalue weighted by Crippen LogP contribution is -2.57. The zero-order valence-electron chi connectivity index (χ0n) is 18.7. The van der Waals surface area contributed by atoms with Crippen LogP contribution in [-0.2, 0) is 4.74 Å².